The Hall–Kier alpha value is -0.970. The number of alkyl halides is 3. The van der Waals surface area contributed by atoms with E-state index in [-0.39, 0.29) is 24.9 Å². The summed E-state index contributed by atoms with van der Waals surface area (Å²) in [5.74, 6) is -0.289. The molecular weight excluding hydrogens is 243 g/mol. The van der Waals surface area contributed by atoms with E-state index in [1.807, 2.05) is 19.1 Å². The fourth-order valence-electron chi connectivity index (χ4n) is 2.56. The summed E-state index contributed by atoms with van der Waals surface area (Å²) in [6, 6.07) is 3.89. The molecule has 0 aromatic carbocycles. The Balaban J connectivity index is 1.80. The summed E-state index contributed by atoms with van der Waals surface area (Å²) >= 11 is 0. The van der Waals surface area contributed by atoms with Crippen LogP contribution in [0.3, 0.4) is 0 Å². The van der Waals surface area contributed by atoms with E-state index in [1.54, 1.807) is 6.26 Å². The fourth-order valence-corrected chi connectivity index (χ4v) is 2.56. The Kier molecular flexibility index (Phi) is 4.00. The highest BCUT2D eigenvalue weighted by Gasteiger charge is 2.41. The summed E-state index contributed by atoms with van der Waals surface area (Å²) < 4.78 is 42.8. The molecule has 2 nitrogen and oxygen atoms in total. The van der Waals surface area contributed by atoms with Gasteiger partial charge < -0.3 is 9.73 Å². The van der Waals surface area contributed by atoms with Crippen LogP contribution in [0.1, 0.15) is 44.4 Å². The number of rotatable bonds is 3. The van der Waals surface area contributed by atoms with E-state index in [0.29, 0.717) is 12.8 Å². The zero-order valence-corrected chi connectivity index (χ0v) is 10.3. The van der Waals surface area contributed by atoms with Crippen molar-refractivity contribution in [3.63, 3.8) is 0 Å². The van der Waals surface area contributed by atoms with E-state index in [4.69, 9.17) is 4.42 Å². The van der Waals surface area contributed by atoms with Gasteiger partial charge in [0.25, 0.3) is 0 Å². The van der Waals surface area contributed by atoms with Gasteiger partial charge in [-0.1, -0.05) is 0 Å². The number of nitrogens with one attached hydrogen (secondary N) is 1. The summed E-state index contributed by atoms with van der Waals surface area (Å²) in [6.45, 7) is 1.97. The quantitative estimate of drug-likeness (QED) is 0.888. The summed E-state index contributed by atoms with van der Waals surface area (Å²) in [7, 11) is 0. The molecule has 102 valence electrons. The smallest absolute Gasteiger partial charge is 0.391 e. The van der Waals surface area contributed by atoms with Gasteiger partial charge in [-0.2, -0.15) is 13.2 Å². The maximum absolute atomic E-state index is 12.5. The Morgan fingerprint density at radius 2 is 1.94 bits per heavy atom. The lowest BCUT2D eigenvalue weighted by Gasteiger charge is -2.31. The van der Waals surface area contributed by atoms with E-state index in [0.717, 1.165) is 5.76 Å². The third-order valence-corrected chi connectivity index (χ3v) is 3.65. The molecule has 5 heteroatoms. The first kappa shape index (κ1) is 13.5. The average molecular weight is 261 g/mol. The first-order valence-corrected chi connectivity index (χ1v) is 6.33. The largest absolute Gasteiger partial charge is 0.468 e. The van der Waals surface area contributed by atoms with Gasteiger partial charge in [0.1, 0.15) is 5.76 Å². The van der Waals surface area contributed by atoms with Gasteiger partial charge in [-0.05, 0) is 44.7 Å². The van der Waals surface area contributed by atoms with Crippen molar-refractivity contribution in [2.75, 3.05) is 0 Å². The zero-order valence-electron chi connectivity index (χ0n) is 10.3. The second-order valence-corrected chi connectivity index (χ2v) is 4.99. The highest BCUT2D eigenvalue weighted by atomic mass is 19.4. The Morgan fingerprint density at radius 1 is 1.28 bits per heavy atom. The normalized spacial score (nSPS) is 27.1. The molecule has 0 spiro atoms. The molecule has 2 rings (SSSR count). The first-order chi connectivity index (χ1) is 8.47. The van der Waals surface area contributed by atoms with E-state index >= 15 is 0 Å². The SMILES string of the molecule is CC(NC1CCC(C(F)(F)F)CC1)c1ccco1. The number of furan rings is 1. The maximum Gasteiger partial charge on any atom is 0.391 e. The van der Waals surface area contributed by atoms with Gasteiger partial charge in [0.15, 0.2) is 0 Å². The minimum absolute atomic E-state index is 0.0486. The summed E-state index contributed by atoms with van der Waals surface area (Å²) in [6.07, 6.45) is -0.811. The third-order valence-electron chi connectivity index (χ3n) is 3.65. The van der Waals surface area contributed by atoms with Crippen molar-refractivity contribution in [2.45, 2.75) is 50.9 Å². The zero-order chi connectivity index (χ0) is 13.2. The highest BCUT2D eigenvalue weighted by Crippen LogP contribution is 2.37. The van der Waals surface area contributed by atoms with Crippen LogP contribution < -0.4 is 5.32 Å². The van der Waals surface area contributed by atoms with E-state index < -0.39 is 12.1 Å². The Labute approximate surface area is 105 Å². The topological polar surface area (TPSA) is 25.2 Å². The molecule has 1 saturated carbocycles. The van der Waals surface area contributed by atoms with Crippen molar-refractivity contribution in [3.05, 3.63) is 24.2 Å². The molecule has 0 radical (unpaired) electrons. The van der Waals surface area contributed by atoms with Crippen molar-refractivity contribution < 1.29 is 17.6 Å². The molecule has 1 heterocycles. The van der Waals surface area contributed by atoms with Crippen LogP contribution in [0.25, 0.3) is 0 Å². The molecule has 1 fully saturated rings. The van der Waals surface area contributed by atoms with Crippen molar-refractivity contribution in [2.24, 2.45) is 5.92 Å². The maximum atomic E-state index is 12.5. The molecule has 0 saturated heterocycles. The lowest BCUT2D eigenvalue weighted by atomic mass is 9.85. The van der Waals surface area contributed by atoms with Crippen molar-refractivity contribution in [1.82, 2.24) is 5.32 Å². The second kappa shape index (κ2) is 5.34. The van der Waals surface area contributed by atoms with Gasteiger partial charge in [-0.3, -0.25) is 0 Å². The molecule has 1 aliphatic rings. The van der Waals surface area contributed by atoms with Crippen LogP contribution in [0.5, 0.6) is 0 Å². The summed E-state index contributed by atoms with van der Waals surface area (Å²) in [5.41, 5.74) is 0. The van der Waals surface area contributed by atoms with E-state index in [2.05, 4.69) is 5.32 Å². The predicted octanol–water partition coefficient (Wildman–Crippen LogP) is 4.05. The van der Waals surface area contributed by atoms with Crippen molar-refractivity contribution >= 4 is 0 Å². The van der Waals surface area contributed by atoms with Gasteiger partial charge in [-0.25, -0.2) is 0 Å². The lowest BCUT2D eigenvalue weighted by molar-refractivity contribution is -0.182. The minimum Gasteiger partial charge on any atom is -0.468 e. The molecule has 1 unspecified atom stereocenters. The molecule has 0 aliphatic heterocycles. The van der Waals surface area contributed by atoms with Crippen LogP contribution in [0.2, 0.25) is 0 Å². The molecule has 1 aliphatic carbocycles. The Morgan fingerprint density at radius 3 is 2.44 bits per heavy atom. The lowest BCUT2D eigenvalue weighted by Crippen LogP contribution is -2.38. The van der Waals surface area contributed by atoms with Gasteiger partial charge in [0.05, 0.1) is 18.2 Å². The van der Waals surface area contributed by atoms with Crippen LogP contribution in [0.15, 0.2) is 22.8 Å². The molecule has 18 heavy (non-hydrogen) atoms. The fraction of sp³-hybridized carbons (Fsp3) is 0.692. The van der Waals surface area contributed by atoms with Crippen LogP contribution in [0, 0.1) is 5.92 Å². The third kappa shape index (κ3) is 3.28. The molecule has 1 atom stereocenters. The Bertz CT molecular complexity index is 353. The van der Waals surface area contributed by atoms with Crippen LogP contribution in [0.4, 0.5) is 13.2 Å². The first-order valence-electron chi connectivity index (χ1n) is 6.33. The van der Waals surface area contributed by atoms with Crippen LogP contribution in [-0.2, 0) is 0 Å². The van der Waals surface area contributed by atoms with E-state index in [9.17, 15) is 13.2 Å². The summed E-state index contributed by atoms with van der Waals surface area (Å²) in [5, 5.41) is 3.33. The monoisotopic (exact) mass is 261 g/mol. The number of hydrogen-bond donors (Lipinski definition) is 1. The van der Waals surface area contributed by atoms with Crippen molar-refractivity contribution in [1.29, 1.82) is 0 Å². The molecule has 1 aromatic rings. The molecular formula is C13H18F3NO. The number of hydrogen-bond acceptors (Lipinski definition) is 2. The molecule has 1 aromatic heterocycles. The molecule has 0 amide bonds. The second-order valence-electron chi connectivity index (χ2n) is 4.99. The van der Waals surface area contributed by atoms with Crippen molar-refractivity contribution in [3.8, 4) is 0 Å². The van der Waals surface area contributed by atoms with Gasteiger partial charge in [0.2, 0.25) is 0 Å². The van der Waals surface area contributed by atoms with Crippen LogP contribution >= 0.6 is 0 Å². The number of halogens is 3. The summed E-state index contributed by atoms with van der Waals surface area (Å²) in [4.78, 5) is 0. The predicted molar refractivity (Wildman–Crippen MR) is 62.1 cm³/mol. The van der Waals surface area contributed by atoms with E-state index in [1.165, 1.54) is 0 Å². The molecule has 0 bridgehead atoms. The average Bonchev–Trinajstić information content (AvgIpc) is 2.82. The standard InChI is InChI=1S/C13H18F3NO/c1-9(12-3-2-8-18-12)17-11-6-4-10(5-7-11)13(14,15)16/h2-3,8-11,17H,4-7H2,1H3. The van der Waals surface area contributed by atoms with Gasteiger partial charge in [0, 0.05) is 6.04 Å². The molecule has 1 N–H and O–H groups in total. The van der Waals surface area contributed by atoms with Crippen LogP contribution in [-0.4, -0.2) is 12.2 Å². The highest BCUT2D eigenvalue weighted by molar-refractivity contribution is 5.03. The minimum atomic E-state index is -4.03. The van der Waals surface area contributed by atoms with Gasteiger partial charge in [-0.15, -0.1) is 0 Å². The van der Waals surface area contributed by atoms with Gasteiger partial charge >= 0.3 is 6.18 Å².